The van der Waals surface area contributed by atoms with Gasteiger partial charge in [0.05, 0.1) is 11.7 Å². The van der Waals surface area contributed by atoms with Crippen LogP contribution in [0.15, 0.2) is 54.7 Å². The first-order valence-corrected chi connectivity index (χ1v) is 12.5. The van der Waals surface area contributed by atoms with Gasteiger partial charge in [0.25, 0.3) is 5.91 Å². The van der Waals surface area contributed by atoms with Gasteiger partial charge in [-0.25, -0.2) is 0 Å². The van der Waals surface area contributed by atoms with Crippen LogP contribution in [-0.2, 0) is 11.3 Å². The zero-order chi connectivity index (χ0) is 24.9. The molecule has 1 unspecified atom stereocenters. The molecule has 1 N–H and O–H groups in total. The van der Waals surface area contributed by atoms with Crippen LogP contribution in [0.2, 0.25) is 10.0 Å². The Morgan fingerprint density at radius 3 is 2.57 bits per heavy atom. The Labute approximate surface area is 215 Å². The van der Waals surface area contributed by atoms with E-state index in [0.717, 1.165) is 41.5 Å². The van der Waals surface area contributed by atoms with Gasteiger partial charge in [0, 0.05) is 60.7 Å². The second-order valence-corrected chi connectivity index (χ2v) is 9.66. The predicted molar refractivity (Wildman–Crippen MR) is 141 cm³/mol. The Kier molecular flexibility index (Phi) is 8.16. The van der Waals surface area contributed by atoms with Gasteiger partial charge in [-0.2, -0.15) is 0 Å². The number of hydrogen-bond acceptors (Lipinski definition) is 4. The summed E-state index contributed by atoms with van der Waals surface area (Å²) in [5, 5.41) is 10.5. The van der Waals surface area contributed by atoms with E-state index in [0.29, 0.717) is 41.8 Å². The van der Waals surface area contributed by atoms with Gasteiger partial charge in [-0.05, 0) is 43.0 Å². The van der Waals surface area contributed by atoms with Crippen molar-refractivity contribution in [3.63, 3.8) is 0 Å². The summed E-state index contributed by atoms with van der Waals surface area (Å²) in [5.74, 6) is -0.169. The number of aliphatic hydroxyl groups is 1. The van der Waals surface area contributed by atoms with Crippen LogP contribution in [0.25, 0.3) is 11.1 Å². The Hall–Kier alpha value is -2.80. The van der Waals surface area contributed by atoms with Crippen LogP contribution in [0.3, 0.4) is 0 Å². The number of carbonyl (C=O) groups is 2. The maximum absolute atomic E-state index is 13.9. The van der Waals surface area contributed by atoms with Crippen molar-refractivity contribution in [3.8, 4) is 11.1 Å². The molecule has 1 saturated heterocycles. The first kappa shape index (κ1) is 25.3. The van der Waals surface area contributed by atoms with E-state index in [1.54, 1.807) is 11.9 Å². The van der Waals surface area contributed by atoms with Gasteiger partial charge in [0.15, 0.2) is 0 Å². The van der Waals surface area contributed by atoms with Gasteiger partial charge in [0.2, 0.25) is 0 Å². The summed E-state index contributed by atoms with van der Waals surface area (Å²) in [6.07, 6.45) is 5.00. The van der Waals surface area contributed by atoms with E-state index in [9.17, 15) is 14.7 Å². The second kappa shape index (κ2) is 11.3. The number of rotatable bonds is 9. The number of aliphatic hydroxyl groups excluding tert-OH is 1. The fraction of sp³-hybridized carbons (Fsp3) is 0.333. The van der Waals surface area contributed by atoms with Crippen molar-refractivity contribution >= 4 is 41.1 Å². The number of benzene rings is 2. The molecule has 1 aliphatic heterocycles. The molecule has 2 heterocycles. The molecule has 1 atom stereocenters. The smallest absolute Gasteiger partial charge is 0.272 e. The van der Waals surface area contributed by atoms with E-state index in [-0.39, 0.29) is 18.6 Å². The number of hydrogen-bond donors (Lipinski definition) is 1. The summed E-state index contributed by atoms with van der Waals surface area (Å²) in [7, 11) is 1.73. The van der Waals surface area contributed by atoms with E-state index in [1.165, 1.54) is 0 Å². The minimum Gasteiger partial charge on any atom is -0.396 e. The number of halogens is 2. The largest absolute Gasteiger partial charge is 0.396 e. The van der Waals surface area contributed by atoms with Gasteiger partial charge in [-0.1, -0.05) is 53.5 Å². The fourth-order valence-corrected chi connectivity index (χ4v) is 5.01. The van der Waals surface area contributed by atoms with Crippen molar-refractivity contribution in [2.45, 2.75) is 31.8 Å². The van der Waals surface area contributed by atoms with Crippen LogP contribution in [0.5, 0.6) is 0 Å². The summed E-state index contributed by atoms with van der Waals surface area (Å²) in [6, 6.07) is 14.8. The normalized spacial score (nSPS) is 15.4. The Balaban J connectivity index is 1.92. The maximum Gasteiger partial charge on any atom is 0.272 e. The molecule has 4 rings (SSSR count). The average Bonchev–Trinajstić information content (AvgIpc) is 3.47. The van der Waals surface area contributed by atoms with Gasteiger partial charge in [-0.3, -0.25) is 4.79 Å². The van der Waals surface area contributed by atoms with E-state index in [1.807, 2.05) is 64.2 Å². The van der Waals surface area contributed by atoms with Crippen LogP contribution in [0.4, 0.5) is 5.69 Å². The zero-order valence-corrected chi connectivity index (χ0v) is 21.2. The van der Waals surface area contributed by atoms with E-state index in [2.05, 4.69) is 0 Å². The average molecular weight is 514 g/mol. The minimum atomic E-state index is -0.308. The number of aldehydes is 1. The molecule has 0 radical (unpaired) electrons. The number of carbonyl (C=O) groups excluding carboxylic acids is 2. The summed E-state index contributed by atoms with van der Waals surface area (Å²) < 4.78 is 1.94. The fourth-order valence-electron chi connectivity index (χ4n) is 4.65. The Bertz CT molecular complexity index is 1190. The van der Waals surface area contributed by atoms with Crippen molar-refractivity contribution in [3.05, 3.63) is 76.0 Å². The van der Waals surface area contributed by atoms with Crippen molar-refractivity contribution in [1.82, 2.24) is 9.47 Å². The predicted octanol–water partition coefficient (Wildman–Crippen LogP) is 5.13. The monoisotopic (exact) mass is 513 g/mol. The van der Waals surface area contributed by atoms with Crippen molar-refractivity contribution in [2.75, 3.05) is 31.6 Å². The maximum atomic E-state index is 13.9. The van der Waals surface area contributed by atoms with Crippen molar-refractivity contribution in [2.24, 2.45) is 0 Å². The summed E-state index contributed by atoms with van der Waals surface area (Å²) in [5.41, 5.74) is 3.84. The van der Waals surface area contributed by atoms with Gasteiger partial charge in [-0.15, -0.1) is 0 Å². The second-order valence-electron chi connectivity index (χ2n) is 8.82. The quantitative estimate of drug-likeness (QED) is 0.402. The highest BCUT2D eigenvalue weighted by molar-refractivity contribution is 6.33. The molecule has 0 bridgehead atoms. The molecule has 0 spiro atoms. The molecule has 2 aromatic carbocycles. The molecule has 0 aliphatic carbocycles. The first-order chi connectivity index (χ1) is 16.9. The molecule has 1 aromatic heterocycles. The van der Waals surface area contributed by atoms with Crippen molar-refractivity contribution in [1.29, 1.82) is 0 Å². The lowest BCUT2D eigenvalue weighted by Crippen LogP contribution is -2.35. The number of anilines is 1. The third-order valence-corrected chi connectivity index (χ3v) is 7.01. The first-order valence-electron chi connectivity index (χ1n) is 11.7. The van der Waals surface area contributed by atoms with Crippen LogP contribution in [-0.4, -0.2) is 59.6 Å². The minimum absolute atomic E-state index is 0.000474. The lowest BCUT2D eigenvalue weighted by molar-refractivity contribution is -0.108. The highest BCUT2D eigenvalue weighted by atomic mass is 35.5. The van der Waals surface area contributed by atoms with Crippen molar-refractivity contribution < 1.29 is 14.7 Å². The standard InChI is InChI=1S/C27H29Cl2N3O3/c1-30(13-5-15-33)27(35)26-25(32-14-4-6-21(32)18-34)23(22-7-2-3-8-24(22)29)17-31(26)16-19-9-11-20(28)12-10-19/h2-3,7-12,17-18,21,33H,4-6,13-16H2,1H3. The van der Waals surface area contributed by atoms with Crippen LogP contribution in [0, 0.1) is 0 Å². The summed E-state index contributed by atoms with van der Waals surface area (Å²) in [4.78, 5) is 29.5. The molecule has 0 saturated carbocycles. The molecule has 1 fully saturated rings. The lowest BCUT2D eigenvalue weighted by atomic mass is 10.0. The zero-order valence-electron chi connectivity index (χ0n) is 19.7. The molecular weight excluding hydrogens is 485 g/mol. The summed E-state index contributed by atoms with van der Waals surface area (Å²) >= 11 is 12.7. The topological polar surface area (TPSA) is 65.8 Å². The van der Waals surface area contributed by atoms with Crippen LogP contribution >= 0.6 is 23.2 Å². The van der Waals surface area contributed by atoms with E-state index in [4.69, 9.17) is 23.2 Å². The molecule has 1 aliphatic rings. The molecular formula is C27H29Cl2N3O3. The summed E-state index contributed by atoms with van der Waals surface area (Å²) in [6.45, 7) is 1.54. The number of amides is 1. The number of nitrogens with zero attached hydrogens (tertiary/aromatic N) is 3. The Morgan fingerprint density at radius 2 is 1.89 bits per heavy atom. The molecule has 6 nitrogen and oxygen atoms in total. The van der Waals surface area contributed by atoms with Gasteiger partial charge in [0.1, 0.15) is 12.0 Å². The molecule has 1 amide bonds. The van der Waals surface area contributed by atoms with Gasteiger partial charge < -0.3 is 24.3 Å². The third-order valence-electron chi connectivity index (χ3n) is 6.43. The lowest BCUT2D eigenvalue weighted by Gasteiger charge is -2.27. The van der Waals surface area contributed by atoms with Gasteiger partial charge >= 0.3 is 0 Å². The van der Waals surface area contributed by atoms with E-state index >= 15 is 0 Å². The van der Waals surface area contributed by atoms with Crippen LogP contribution in [0.1, 0.15) is 35.3 Å². The third kappa shape index (κ3) is 5.40. The van der Waals surface area contributed by atoms with E-state index < -0.39 is 0 Å². The molecule has 3 aromatic rings. The molecule has 184 valence electrons. The molecule has 8 heteroatoms. The SMILES string of the molecule is CN(CCCO)C(=O)c1c(N2CCCC2C=O)c(-c2ccccc2Cl)cn1Cc1ccc(Cl)cc1. The molecule has 35 heavy (non-hydrogen) atoms. The Morgan fingerprint density at radius 1 is 1.14 bits per heavy atom. The highest BCUT2D eigenvalue weighted by Crippen LogP contribution is 2.42. The highest BCUT2D eigenvalue weighted by Gasteiger charge is 2.34. The number of aromatic nitrogens is 1. The van der Waals surface area contributed by atoms with Crippen LogP contribution < -0.4 is 4.90 Å².